The number of hydrogen-bond acceptors (Lipinski definition) is 3. The zero-order valence-corrected chi connectivity index (χ0v) is 18.9. The van der Waals surface area contributed by atoms with Crippen molar-refractivity contribution in [1.29, 1.82) is 5.41 Å². The van der Waals surface area contributed by atoms with E-state index in [1.165, 1.54) is 19.3 Å². The molecule has 0 aliphatic heterocycles. The fourth-order valence-electron chi connectivity index (χ4n) is 4.77. The Labute approximate surface area is 193 Å². The zero-order chi connectivity index (χ0) is 23.5. The van der Waals surface area contributed by atoms with E-state index in [0.717, 1.165) is 29.3 Å². The van der Waals surface area contributed by atoms with Gasteiger partial charge in [-0.1, -0.05) is 43.5 Å². The lowest BCUT2D eigenvalue weighted by Gasteiger charge is -2.28. The van der Waals surface area contributed by atoms with Crippen molar-refractivity contribution in [3.63, 3.8) is 0 Å². The summed E-state index contributed by atoms with van der Waals surface area (Å²) < 4.78 is 1.95. The van der Waals surface area contributed by atoms with Gasteiger partial charge in [0.1, 0.15) is 11.5 Å². The molecule has 3 aromatic rings. The third-order valence-electron chi connectivity index (χ3n) is 6.74. The highest BCUT2D eigenvalue weighted by atomic mass is 16.2. The molecule has 4 rings (SSSR count). The van der Waals surface area contributed by atoms with Crippen molar-refractivity contribution in [2.45, 2.75) is 51.6 Å². The minimum absolute atomic E-state index is 0.0209. The van der Waals surface area contributed by atoms with E-state index < -0.39 is 5.91 Å². The number of aromatic nitrogens is 1. The SMILES string of the molecule is C[C@@H](NC(=O)c1cc2ccc(C(=N)N)cc2n1Cc1ccc(C(N)=O)cc1)C1CCCCC1. The highest BCUT2D eigenvalue weighted by molar-refractivity contribution is 6.02. The molecule has 1 atom stereocenters. The van der Waals surface area contributed by atoms with E-state index in [2.05, 4.69) is 12.2 Å². The van der Waals surface area contributed by atoms with Gasteiger partial charge in [0.25, 0.3) is 5.91 Å². The number of nitrogens with zero attached hydrogens (tertiary/aromatic N) is 1. The standard InChI is InChI=1S/C26H31N5O2/c1-16(18-5-3-2-4-6-18)30-26(33)23-13-20-11-12-21(24(27)28)14-22(20)31(23)15-17-7-9-19(10-8-17)25(29)32/h7-14,16,18H,2-6,15H2,1H3,(H3,27,28)(H2,29,32)(H,30,33)/t16-/m1/s1. The van der Waals surface area contributed by atoms with Gasteiger partial charge in [0.2, 0.25) is 5.91 Å². The number of hydrogen-bond donors (Lipinski definition) is 4. The number of carbonyl (C=O) groups excluding carboxylic acids is 2. The van der Waals surface area contributed by atoms with Crippen LogP contribution in [-0.2, 0) is 6.54 Å². The number of amidine groups is 1. The quantitative estimate of drug-likeness (QED) is 0.326. The van der Waals surface area contributed by atoms with Crippen LogP contribution in [0.1, 0.15) is 71.0 Å². The number of benzene rings is 2. The second kappa shape index (κ2) is 9.48. The molecule has 0 bridgehead atoms. The molecule has 1 saturated carbocycles. The van der Waals surface area contributed by atoms with E-state index in [1.807, 2.05) is 34.9 Å². The van der Waals surface area contributed by atoms with Crippen molar-refractivity contribution in [2.75, 3.05) is 0 Å². The summed E-state index contributed by atoms with van der Waals surface area (Å²) in [5, 5.41) is 11.9. The van der Waals surface area contributed by atoms with Crippen LogP contribution in [0.15, 0.2) is 48.5 Å². The lowest BCUT2D eigenvalue weighted by atomic mass is 9.84. The van der Waals surface area contributed by atoms with Crippen LogP contribution < -0.4 is 16.8 Å². The molecule has 6 N–H and O–H groups in total. The lowest BCUT2D eigenvalue weighted by Crippen LogP contribution is -2.39. The van der Waals surface area contributed by atoms with Gasteiger partial charge in [-0.15, -0.1) is 0 Å². The van der Waals surface area contributed by atoms with Gasteiger partial charge < -0.3 is 21.4 Å². The molecular weight excluding hydrogens is 414 g/mol. The molecule has 0 saturated heterocycles. The van der Waals surface area contributed by atoms with Gasteiger partial charge in [-0.05, 0) is 55.5 Å². The average molecular weight is 446 g/mol. The summed E-state index contributed by atoms with van der Waals surface area (Å²) in [7, 11) is 0. The molecule has 1 aliphatic rings. The smallest absolute Gasteiger partial charge is 0.268 e. The normalized spacial score (nSPS) is 15.3. The molecule has 0 radical (unpaired) electrons. The van der Waals surface area contributed by atoms with Gasteiger partial charge in [0, 0.05) is 34.6 Å². The van der Waals surface area contributed by atoms with E-state index in [1.54, 1.807) is 18.2 Å². The van der Waals surface area contributed by atoms with Gasteiger partial charge >= 0.3 is 0 Å². The van der Waals surface area contributed by atoms with E-state index in [-0.39, 0.29) is 17.8 Å². The Kier molecular flexibility index (Phi) is 6.49. The first kappa shape index (κ1) is 22.6. The molecule has 172 valence electrons. The number of amides is 2. The van der Waals surface area contributed by atoms with E-state index in [9.17, 15) is 9.59 Å². The minimum atomic E-state index is -0.476. The highest BCUT2D eigenvalue weighted by Crippen LogP contribution is 2.27. The van der Waals surface area contributed by atoms with Crippen molar-refractivity contribution < 1.29 is 9.59 Å². The number of primary amides is 1. The van der Waals surface area contributed by atoms with Crippen LogP contribution in [0.4, 0.5) is 0 Å². The summed E-state index contributed by atoms with van der Waals surface area (Å²) in [6.07, 6.45) is 6.02. The Morgan fingerprint density at radius 3 is 2.33 bits per heavy atom. The molecule has 1 heterocycles. The number of rotatable bonds is 7. The Hall–Kier alpha value is -3.61. The van der Waals surface area contributed by atoms with Crippen LogP contribution in [0.5, 0.6) is 0 Å². The molecule has 1 aliphatic carbocycles. The number of carbonyl (C=O) groups is 2. The molecule has 0 spiro atoms. The van der Waals surface area contributed by atoms with Crippen molar-refractivity contribution in [3.8, 4) is 0 Å². The van der Waals surface area contributed by atoms with Crippen molar-refractivity contribution >= 4 is 28.6 Å². The van der Waals surface area contributed by atoms with Gasteiger partial charge in [0.05, 0.1) is 0 Å². The average Bonchev–Trinajstić information content (AvgIpc) is 3.17. The summed E-state index contributed by atoms with van der Waals surface area (Å²) in [6.45, 7) is 2.53. The van der Waals surface area contributed by atoms with E-state index in [4.69, 9.17) is 16.9 Å². The first-order valence-electron chi connectivity index (χ1n) is 11.5. The summed E-state index contributed by atoms with van der Waals surface area (Å²) in [5.41, 5.74) is 14.4. The number of fused-ring (bicyclic) bond motifs is 1. The summed E-state index contributed by atoms with van der Waals surface area (Å²) in [5.74, 6) is -0.100. The van der Waals surface area contributed by atoms with Crippen LogP contribution in [0, 0.1) is 11.3 Å². The molecule has 0 unspecified atom stereocenters. The fraction of sp³-hybridized carbons (Fsp3) is 0.346. The second-order valence-corrected chi connectivity index (χ2v) is 9.02. The molecule has 33 heavy (non-hydrogen) atoms. The van der Waals surface area contributed by atoms with Crippen LogP contribution in [0.3, 0.4) is 0 Å². The fourth-order valence-corrected chi connectivity index (χ4v) is 4.77. The zero-order valence-electron chi connectivity index (χ0n) is 18.9. The maximum absolute atomic E-state index is 13.4. The van der Waals surface area contributed by atoms with Crippen LogP contribution in [-0.4, -0.2) is 28.3 Å². The van der Waals surface area contributed by atoms with Crippen LogP contribution >= 0.6 is 0 Å². The molecule has 2 aromatic carbocycles. The number of nitrogen functional groups attached to an aromatic ring is 1. The Balaban J connectivity index is 1.69. The second-order valence-electron chi connectivity index (χ2n) is 9.02. The van der Waals surface area contributed by atoms with Crippen LogP contribution in [0.25, 0.3) is 10.9 Å². The van der Waals surface area contributed by atoms with E-state index >= 15 is 0 Å². The van der Waals surface area contributed by atoms with Crippen molar-refractivity contribution in [1.82, 2.24) is 9.88 Å². The van der Waals surface area contributed by atoms with Gasteiger partial charge in [-0.25, -0.2) is 0 Å². The highest BCUT2D eigenvalue weighted by Gasteiger charge is 2.24. The first-order chi connectivity index (χ1) is 15.8. The summed E-state index contributed by atoms with van der Waals surface area (Å²) in [6, 6.07) is 14.6. The topological polar surface area (TPSA) is 127 Å². The van der Waals surface area contributed by atoms with Crippen LogP contribution in [0.2, 0.25) is 0 Å². The van der Waals surface area contributed by atoms with Gasteiger partial charge in [-0.3, -0.25) is 15.0 Å². The summed E-state index contributed by atoms with van der Waals surface area (Å²) >= 11 is 0. The largest absolute Gasteiger partial charge is 0.384 e. The van der Waals surface area contributed by atoms with Gasteiger partial charge in [-0.2, -0.15) is 0 Å². The van der Waals surface area contributed by atoms with Crippen molar-refractivity contribution in [3.05, 3.63) is 70.9 Å². The first-order valence-corrected chi connectivity index (χ1v) is 11.5. The molecule has 1 aromatic heterocycles. The number of nitrogens with two attached hydrogens (primary N) is 2. The molecule has 2 amide bonds. The Morgan fingerprint density at radius 1 is 1.03 bits per heavy atom. The Morgan fingerprint density at radius 2 is 1.70 bits per heavy atom. The summed E-state index contributed by atoms with van der Waals surface area (Å²) in [4.78, 5) is 24.8. The third kappa shape index (κ3) is 4.92. The predicted octanol–water partition coefficient (Wildman–Crippen LogP) is 3.77. The third-order valence-corrected chi connectivity index (χ3v) is 6.74. The Bertz CT molecular complexity index is 1190. The maximum Gasteiger partial charge on any atom is 0.268 e. The minimum Gasteiger partial charge on any atom is -0.384 e. The molecule has 7 heteroatoms. The number of nitrogens with one attached hydrogen (secondary N) is 2. The molecule has 1 fully saturated rings. The van der Waals surface area contributed by atoms with Crippen molar-refractivity contribution in [2.24, 2.45) is 17.4 Å². The molecule has 7 nitrogen and oxygen atoms in total. The van der Waals surface area contributed by atoms with Gasteiger partial charge in [0.15, 0.2) is 0 Å². The predicted molar refractivity (Wildman–Crippen MR) is 131 cm³/mol. The monoisotopic (exact) mass is 445 g/mol. The lowest BCUT2D eigenvalue weighted by molar-refractivity contribution is 0.0910. The molecular formula is C26H31N5O2. The maximum atomic E-state index is 13.4. The van der Waals surface area contributed by atoms with E-state index in [0.29, 0.717) is 29.3 Å².